The lowest BCUT2D eigenvalue weighted by molar-refractivity contribution is 0.188. The van der Waals surface area contributed by atoms with Gasteiger partial charge in [-0.15, -0.1) is 0 Å². The number of aromatic amines is 1. The first kappa shape index (κ1) is 18.8. The van der Waals surface area contributed by atoms with Crippen LogP contribution in [0.15, 0.2) is 11.2 Å². The molecule has 25 heavy (non-hydrogen) atoms. The summed E-state index contributed by atoms with van der Waals surface area (Å²) in [5, 5.41) is 11.2. The first-order chi connectivity index (χ1) is 12.1. The van der Waals surface area contributed by atoms with Crippen molar-refractivity contribution < 1.29 is 5.11 Å². The van der Waals surface area contributed by atoms with E-state index in [1.165, 1.54) is 0 Å². The summed E-state index contributed by atoms with van der Waals surface area (Å²) in [6, 6.07) is 1.93. The van der Waals surface area contributed by atoms with Gasteiger partial charge in [-0.3, -0.25) is 4.90 Å². The Morgan fingerprint density at radius 3 is 2.60 bits per heavy atom. The molecule has 1 aliphatic heterocycles. The molecule has 0 bridgehead atoms. The first-order valence-corrected chi connectivity index (χ1v) is 10.2. The zero-order valence-electron chi connectivity index (χ0n) is 14.8. The van der Waals surface area contributed by atoms with E-state index in [0.29, 0.717) is 10.3 Å². The van der Waals surface area contributed by atoms with E-state index < -0.39 is 0 Å². The van der Waals surface area contributed by atoms with Crippen LogP contribution in [0, 0.1) is 0 Å². The van der Waals surface area contributed by atoms with Gasteiger partial charge in [-0.1, -0.05) is 37.2 Å². The molecule has 0 atom stereocenters. The van der Waals surface area contributed by atoms with Gasteiger partial charge in [-0.25, -0.2) is 9.97 Å². The summed E-state index contributed by atoms with van der Waals surface area (Å²) in [7, 11) is 0. The van der Waals surface area contributed by atoms with Crippen LogP contribution in [0.3, 0.4) is 0 Å². The molecule has 8 heteroatoms. The Bertz CT molecular complexity index is 698. The molecule has 0 radical (unpaired) electrons. The third kappa shape index (κ3) is 4.39. The van der Waals surface area contributed by atoms with E-state index in [-0.39, 0.29) is 6.61 Å². The van der Waals surface area contributed by atoms with Crippen molar-refractivity contribution in [2.75, 3.05) is 44.2 Å². The molecule has 3 rings (SSSR count). The third-order valence-electron chi connectivity index (χ3n) is 4.66. The number of piperazine rings is 1. The minimum Gasteiger partial charge on any atom is -0.395 e. The molecular weight excluding hydrogens is 358 g/mol. The highest BCUT2D eigenvalue weighted by Crippen LogP contribution is 2.31. The zero-order valence-corrected chi connectivity index (χ0v) is 16.4. The van der Waals surface area contributed by atoms with E-state index in [9.17, 15) is 0 Å². The molecule has 2 N–H and O–H groups in total. The van der Waals surface area contributed by atoms with Crippen molar-refractivity contribution >= 4 is 40.3 Å². The number of halogens is 1. The van der Waals surface area contributed by atoms with Crippen molar-refractivity contribution in [3.8, 4) is 0 Å². The maximum atomic E-state index is 9.06. The van der Waals surface area contributed by atoms with E-state index in [4.69, 9.17) is 21.7 Å². The number of pyridine rings is 1. The van der Waals surface area contributed by atoms with E-state index in [1.807, 2.05) is 6.07 Å². The second kappa shape index (κ2) is 8.58. The smallest absolute Gasteiger partial charge is 0.180 e. The lowest BCUT2D eigenvalue weighted by Crippen LogP contribution is -2.47. The van der Waals surface area contributed by atoms with Crippen molar-refractivity contribution in [3.05, 3.63) is 11.1 Å². The Balaban J connectivity index is 1.77. The average molecular weight is 384 g/mol. The van der Waals surface area contributed by atoms with Crippen LogP contribution in [-0.4, -0.2) is 69.5 Å². The summed E-state index contributed by atoms with van der Waals surface area (Å²) >= 11 is 8.27. The van der Waals surface area contributed by atoms with Crippen LogP contribution in [-0.2, 0) is 0 Å². The second-order valence-corrected chi connectivity index (χ2v) is 8.01. The lowest BCUT2D eigenvalue weighted by Gasteiger charge is -2.35. The molecular formula is C17H26ClN5OS. The van der Waals surface area contributed by atoms with Gasteiger partial charge in [0.25, 0.3) is 0 Å². The molecule has 0 spiro atoms. The zero-order chi connectivity index (χ0) is 17.8. The summed E-state index contributed by atoms with van der Waals surface area (Å²) in [5.41, 5.74) is 1.62. The van der Waals surface area contributed by atoms with Crippen molar-refractivity contribution in [2.45, 2.75) is 37.1 Å². The number of thioether (sulfide) groups is 1. The topological polar surface area (TPSA) is 68.3 Å². The van der Waals surface area contributed by atoms with Crippen molar-refractivity contribution in [2.24, 2.45) is 0 Å². The molecule has 1 fully saturated rings. The van der Waals surface area contributed by atoms with Gasteiger partial charge in [0.05, 0.1) is 17.1 Å². The minimum atomic E-state index is 0.204. The molecule has 2 aromatic heterocycles. The molecule has 0 aliphatic carbocycles. The number of H-pyrrole nitrogens is 1. The highest BCUT2D eigenvalue weighted by Gasteiger charge is 2.21. The molecule has 0 amide bonds. The number of hydrogen-bond acceptors (Lipinski definition) is 6. The maximum Gasteiger partial charge on any atom is 0.180 e. The standard InChI is InChI=1S/C17H26ClN5OS/c1-3-12(4-2)25-17-19-14-11-13(18)16(20-15(14)21-17)23-7-5-22(6-8-23)9-10-24/h11-12,24H,3-10H2,1-2H3,(H,19,20,21). The summed E-state index contributed by atoms with van der Waals surface area (Å²) in [6.45, 7) is 8.87. The predicted octanol–water partition coefficient (Wildman–Crippen LogP) is 3.01. The van der Waals surface area contributed by atoms with Crippen LogP contribution in [0.25, 0.3) is 11.2 Å². The number of rotatable bonds is 7. The van der Waals surface area contributed by atoms with Crippen LogP contribution in [0.1, 0.15) is 26.7 Å². The molecule has 0 unspecified atom stereocenters. The summed E-state index contributed by atoms with van der Waals surface area (Å²) in [5.74, 6) is 0.809. The number of imidazole rings is 1. The van der Waals surface area contributed by atoms with E-state index in [2.05, 4.69) is 33.6 Å². The Kier molecular flexibility index (Phi) is 6.44. The van der Waals surface area contributed by atoms with Crippen LogP contribution >= 0.6 is 23.4 Å². The second-order valence-electron chi connectivity index (χ2n) is 6.32. The Labute approximate surface area is 158 Å². The SMILES string of the molecule is CCC(CC)Sc1nc2nc(N3CCN(CCO)CC3)c(Cl)cc2[nH]1. The van der Waals surface area contributed by atoms with Gasteiger partial charge in [0.2, 0.25) is 0 Å². The normalized spacial score (nSPS) is 16.3. The number of aromatic nitrogens is 3. The summed E-state index contributed by atoms with van der Waals surface area (Å²) < 4.78 is 0. The summed E-state index contributed by atoms with van der Waals surface area (Å²) in [6.07, 6.45) is 2.24. The van der Waals surface area contributed by atoms with Gasteiger partial charge >= 0.3 is 0 Å². The van der Waals surface area contributed by atoms with Gasteiger partial charge in [-0.2, -0.15) is 0 Å². The molecule has 138 valence electrons. The average Bonchev–Trinajstić information content (AvgIpc) is 3.01. The predicted molar refractivity (Wildman–Crippen MR) is 105 cm³/mol. The van der Waals surface area contributed by atoms with Gasteiger partial charge in [0.15, 0.2) is 10.8 Å². The fourth-order valence-electron chi connectivity index (χ4n) is 3.10. The molecule has 6 nitrogen and oxygen atoms in total. The first-order valence-electron chi connectivity index (χ1n) is 8.95. The molecule has 0 saturated carbocycles. The minimum absolute atomic E-state index is 0.204. The molecule has 3 heterocycles. The highest BCUT2D eigenvalue weighted by molar-refractivity contribution is 7.99. The Hall–Kier alpha value is -1.02. The molecule has 1 saturated heterocycles. The van der Waals surface area contributed by atoms with Crippen LogP contribution in [0.4, 0.5) is 5.82 Å². The van der Waals surface area contributed by atoms with Gasteiger partial charge < -0.3 is 15.0 Å². The number of aliphatic hydroxyl groups is 1. The fraction of sp³-hybridized carbons (Fsp3) is 0.647. The van der Waals surface area contributed by atoms with Crippen LogP contribution in [0.2, 0.25) is 5.02 Å². The number of nitrogens with zero attached hydrogens (tertiary/aromatic N) is 4. The largest absolute Gasteiger partial charge is 0.395 e. The van der Waals surface area contributed by atoms with E-state index >= 15 is 0 Å². The van der Waals surface area contributed by atoms with Crippen molar-refractivity contribution in [1.29, 1.82) is 0 Å². The molecule has 2 aromatic rings. The highest BCUT2D eigenvalue weighted by atomic mass is 35.5. The Morgan fingerprint density at radius 2 is 1.96 bits per heavy atom. The van der Waals surface area contributed by atoms with E-state index in [0.717, 1.165) is 67.7 Å². The van der Waals surface area contributed by atoms with Gasteiger partial charge in [-0.05, 0) is 18.9 Å². The fourth-order valence-corrected chi connectivity index (χ4v) is 4.33. The van der Waals surface area contributed by atoms with Crippen LogP contribution < -0.4 is 4.90 Å². The monoisotopic (exact) mass is 383 g/mol. The van der Waals surface area contributed by atoms with Crippen molar-refractivity contribution in [1.82, 2.24) is 19.9 Å². The third-order valence-corrected chi connectivity index (χ3v) is 6.36. The number of fused-ring (bicyclic) bond motifs is 1. The van der Waals surface area contributed by atoms with Crippen molar-refractivity contribution in [3.63, 3.8) is 0 Å². The number of hydrogen-bond donors (Lipinski definition) is 2. The Morgan fingerprint density at radius 1 is 1.24 bits per heavy atom. The quantitative estimate of drug-likeness (QED) is 0.716. The van der Waals surface area contributed by atoms with Gasteiger partial charge in [0, 0.05) is 38.0 Å². The number of aliphatic hydroxyl groups excluding tert-OH is 1. The molecule has 0 aromatic carbocycles. The number of β-amino-alcohol motifs (C(OH)–C–C–N with tert-alkyl or cyclic N) is 1. The van der Waals surface area contributed by atoms with Crippen LogP contribution in [0.5, 0.6) is 0 Å². The number of nitrogens with one attached hydrogen (secondary N) is 1. The lowest BCUT2D eigenvalue weighted by atomic mass is 10.3. The number of anilines is 1. The van der Waals surface area contributed by atoms with E-state index in [1.54, 1.807) is 11.8 Å². The van der Waals surface area contributed by atoms with Gasteiger partial charge in [0.1, 0.15) is 5.82 Å². The molecule has 1 aliphatic rings. The maximum absolute atomic E-state index is 9.06. The summed E-state index contributed by atoms with van der Waals surface area (Å²) in [4.78, 5) is 17.2.